The Labute approximate surface area is 68.5 Å². The summed E-state index contributed by atoms with van der Waals surface area (Å²) in [5.74, 6) is 1.60. The summed E-state index contributed by atoms with van der Waals surface area (Å²) >= 11 is 0. The summed E-state index contributed by atoms with van der Waals surface area (Å²) in [5.41, 5.74) is 0. The van der Waals surface area contributed by atoms with E-state index in [0.29, 0.717) is 6.10 Å². The first-order valence-corrected chi connectivity index (χ1v) is 4.56. The molecule has 2 heterocycles. The molecule has 2 fully saturated rings. The predicted molar refractivity (Wildman–Crippen MR) is 44.5 cm³/mol. The van der Waals surface area contributed by atoms with Gasteiger partial charge in [0.25, 0.3) is 0 Å². The molecule has 2 heteroatoms. The monoisotopic (exact) mass is 155 g/mol. The summed E-state index contributed by atoms with van der Waals surface area (Å²) in [6.45, 7) is 5.66. The summed E-state index contributed by atoms with van der Waals surface area (Å²) in [4.78, 5) is 2.38. The van der Waals surface area contributed by atoms with Crippen LogP contribution in [0.1, 0.15) is 13.3 Å². The van der Waals surface area contributed by atoms with Crippen LogP contribution in [0.25, 0.3) is 0 Å². The number of fused-ring (bicyclic) bond motifs is 1. The molecule has 2 aliphatic heterocycles. The Kier molecular flexibility index (Phi) is 1.90. The Morgan fingerprint density at radius 1 is 1.36 bits per heavy atom. The van der Waals surface area contributed by atoms with Gasteiger partial charge in [0.15, 0.2) is 0 Å². The van der Waals surface area contributed by atoms with Crippen molar-refractivity contribution in [2.75, 3.05) is 26.7 Å². The third-order valence-electron chi connectivity index (χ3n) is 2.86. The molecule has 64 valence electrons. The van der Waals surface area contributed by atoms with E-state index >= 15 is 0 Å². The second kappa shape index (κ2) is 2.76. The largest absolute Gasteiger partial charge is 0.376 e. The third kappa shape index (κ3) is 1.42. The van der Waals surface area contributed by atoms with Gasteiger partial charge in [-0.15, -0.1) is 0 Å². The fourth-order valence-electron chi connectivity index (χ4n) is 2.34. The minimum absolute atomic E-state index is 0.552. The van der Waals surface area contributed by atoms with Crippen LogP contribution < -0.4 is 0 Å². The van der Waals surface area contributed by atoms with Crippen molar-refractivity contribution in [2.45, 2.75) is 19.4 Å². The molecule has 0 aromatic heterocycles. The molecular weight excluding hydrogens is 138 g/mol. The number of likely N-dealkylation sites (tertiary alicyclic amines) is 1. The lowest BCUT2D eigenvalue weighted by molar-refractivity contribution is -0.0279. The van der Waals surface area contributed by atoms with Crippen LogP contribution in [-0.4, -0.2) is 37.7 Å². The Balaban J connectivity index is 1.97. The van der Waals surface area contributed by atoms with Gasteiger partial charge in [0, 0.05) is 19.7 Å². The van der Waals surface area contributed by atoms with E-state index in [1.165, 1.54) is 13.0 Å². The van der Waals surface area contributed by atoms with Gasteiger partial charge in [-0.3, -0.25) is 0 Å². The van der Waals surface area contributed by atoms with Crippen molar-refractivity contribution in [1.29, 1.82) is 0 Å². The fraction of sp³-hybridized carbons (Fsp3) is 1.00. The zero-order valence-electron chi connectivity index (χ0n) is 7.42. The topological polar surface area (TPSA) is 12.5 Å². The van der Waals surface area contributed by atoms with Crippen LogP contribution in [0.2, 0.25) is 0 Å². The van der Waals surface area contributed by atoms with E-state index in [-0.39, 0.29) is 0 Å². The molecule has 0 aromatic rings. The van der Waals surface area contributed by atoms with Gasteiger partial charge in [-0.05, 0) is 25.3 Å². The van der Waals surface area contributed by atoms with E-state index in [2.05, 4.69) is 18.9 Å². The smallest absolute Gasteiger partial charge is 0.0742 e. The van der Waals surface area contributed by atoms with Gasteiger partial charge in [0.05, 0.1) is 6.10 Å². The molecule has 0 aromatic carbocycles. The maximum absolute atomic E-state index is 5.74. The normalized spacial score (nSPS) is 45.8. The van der Waals surface area contributed by atoms with Crippen molar-refractivity contribution in [3.8, 4) is 0 Å². The van der Waals surface area contributed by atoms with Gasteiger partial charge in [-0.1, -0.05) is 6.92 Å². The van der Waals surface area contributed by atoms with E-state index in [0.717, 1.165) is 25.0 Å². The van der Waals surface area contributed by atoms with Gasteiger partial charge >= 0.3 is 0 Å². The zero-order valence-corrected chi connectivity index (χ0v) is 7.42. The molecule has 0 N–H and O–H groups in total. The van der Waals surface area contributed by atoms with Crippen molar-refractivity contribution < 1.29 is 4.74 Å². The van der Waals surface area contributed by atoms with Gasteiger partial charge in [-0.25, -0.2) is 0 Å². The van der Waals surface area contributed by atoms with E-state index < -0.39 is 0 Å². The van der Waals surface area contributed by atoms with Crippen LogP contribution in [0, 0.1) is 11.8 Å². The van der Waals surface area contributed by atoms with Gasteiger partial charge in [0.1, 0.15) is 0 Å². The Morgan fingerprint density at radius 3 is 3.00 bits per heavy atom. The first-order chi connectivity index (χ1) is 5.25. The van der Waals surface area contributed by atoms with Gasteiger partial charge in [-0.2, -0.15) is 0 Å². The predicted octanol–water partition coefficient (Wildman–Crippen LogP) is 0.973. The third-order valence-corrected chi connectivity index (χ3v) is 2.86. The molecule has 0 spiro atoms. The summed E-state index contributed by atoms with van der Waals surface area (Å²) in [6.07, 6.45) is 1.92. The SMILES string of the molecule is CC1COC2CN(C)CC2C1. The summed E-state index contributed by atoms with van der Waals surface area (Å²) in [7, 11) is 2.19. The highest BCUT2D eigenvalue weighted by Crippen LogP contribution is 2.30. The van der Waals surface area contributed by atoms with Crippen LogP contribution >= 0.6 is 0 Å². The Morgan fingerprint density at radius 2 is 2.18 bits per heavy atom. The van der Waals surface area contributed by atoms with Crippen molar-refractivity contribution in [3.05, 3.63) is 0 Å². The van der Waals surface area contributed by atoms with E-state index in [1.54, 1.807) is 0 Å². The average molecular weight is 155 g/mol. The summed E-state index contributed by atoms with van der Waals surface area (Å²) < 4.78 is 5.74. The highest BCUT2D eigenvalue weighted by Gasteiger charge is 2.35. The molecule has 0 saturated carbocycles. The molecule has 0 radical (unpaired) electrons. The lowest BCUT2D eigenvalue weighted by Gasteiger charge is -2.29. The zero-order chi connectivity index (χ0) is 7.84. The maximum Gasteiger partial charge on any atom is 0.0742 e. The van der Waals surface area contributed by atoms with Crippen molar-refractivity contribution in [3.63, 3.8) is 0 Å². The number of rotatable bonds is 0. The van der Waals surface area contributed by atoms with Crippen molar-refractivity contribution >= 4 is 0 Å². The molecule has 0 aliphatic carbocycles. The van der Waals surface area contributed by atoms with E-state index in [9.17, 15) is 0 Å². The maximum atomic E-state index is 5.74. The van der Waals surface area contributed by atoms with Crippen molar-refractivity contribution in [1.82, 2.24) is 4.90 Å². The van der Waals surface area contributed by atoms with Crippen LogP contribution in [-0.2, 0) is 4.74 Å². The number of hydrogen-bond acceptors (Lipinski definition) is 2. The molecular formula is C9H17NO. The van der Waals surface area contributed by atoms with Gasteiger partial charge < -0.3 is 9.64 Å². The molecule has 2 rings (SSSR count). The van der Waals surface area contributed by atoms with Gasteiger partial charge in [0.2, 0.25) is 0 Å². The van der Waals surface area contributed by atoms with Crippen LogP contribution in [0.5, 0.6) is 0 Å². The second-order valence-electron chi connectivity index (χ2n) is 4.19. The average Bonchev–Trinajstić information content (AvgIpc) is 2.27. The summed E-state index contributed by atoms with van der Waals surface area (Å²) in [6, 6.07) is 0. The molecule has 2 saturated heterocycles. The summed E-state index contributed by atoms with van der Waals surface area (Å²) in [5, 5.41) is 0. The molecule has 2 nitrogen and oxygen atoms in total. The first kappa shape index (κ1) is 7.56. The van der Waals surface area contributed by atoms with Crippen LogP contribution in [0.15, 0.2) is 0 Å². The number of ether oxygens (including phenoxy) is 1. The number of hydrogen-bond donors (Lipinski definition) is 0. The Hall–Kier alpha value is -0.0800. The molecule has 3 atom stereocenters. The minimum Gasteiger partial charge on any atom is -0.376 e. The minimum atomic E-state index is 0.552. The lowest BCUT2D eigenvalue weighted by atomic mass is 9.91. The Bertz CT molecular complexity index is 148. The highest BCUT2D eigenvalue weighted by molar-refractivity contribution is 4.87. The van der Waals surface area contributed by atoms with E-state index in [4.69, 9.17) is 4.74 Å². The fourth-order valence-corrected chi connectivity index (χ4v) is 2.34. The molecule has 0 bridgehead atoms. The van der Waals surface area contributed by atoms with Crippen LogP contribution in [0.4, 0.5) is 0 Å². The quantitative estimate of drug-likeness (QED) is 0.517. The van der Waals surface area contributed by atoms with Crippen molar-refractivity contribution in [2.24, 2.45) is 11.8 Å². The number of nitrogens with zero attached hydrogens (tertiary/aromatic N) is 1. The van der Waals surface area contributed by atoms with E-state index in [1.807, 2.05) is 0 Å². The first-order valence-electron chi connectivity index (χ1n) is 4.56. The molecule has 11 heavy (non-hydrogen) atoms. The number of likely N-dealkylation sites (N-methyl/N-ethyl adjacent to an activating group) is 1. The highest BCUT2D eigenvalue weighted by atomic mass is 16.5. The lowest BCUT2D eigenvalue weighted by Crippen LogP contribution is -2.32. The second-order valence-corrected chi connectivity index (χ2v) is 4.19. The molecule has 0 amide bonds. The molecule has 2 aliphatic rings. The van der Waals surface area contributed by atoms with Crippen LogP contribution in [0.3, 0.4) is 0 Å². The standard InChI is InChI=1S/C9H17NO/c1-7-3-8-4-10(2)5-9(8)11-6-7/h7-9H,3-6H2,1-2H3. The molecule has 3 unspecified atom stereocenters.